The summed E-state index contributed by atoms with van der Waals surface area (Å²) in [6, 6.07) is 9.14. The molecule has 3 rings (SSSR count). The van der Waals surface area contributed by atoms with E-state index in [1.807, 2.05) is 24.3 Å². The van der Waals surface area contributed by atoms with Crippen molar-refractivity contribution < 1.29 is 18.9 Å². The quantitative estimate of drug-likeness (QED) is 0.388. The van der Waals surface area contributed by atoms with Gasteiger partial charge in [-0.3, -0.25) is 0 Å². The largest absolute Gasteiger partial charge is 0.497 e. The molecule has 0 radical (unpaired) electrons. The van der Waals surface area contributed by atoms with Gasteiger partial charge in [-0.1, -0.05) is 22.8 Å². The summed E-state index contributed by atoms with van der Waals surface area (Å²) in [7, 11) is 3.19. The van der Waals surface area contributed by atoms with Crippen molar-refractivity contribution >= 4 is 11.6 Å². The number of halogens is 1. The molecule has 0 unspecified atom stereocenters. The van der Waals surface area contributed by atoms with Gasteiger partial charge in [0.1, 0.15) is 24.0 Å². The van der Waals surface area contributed by atoms with Crippen LogP contribution in [-0.2, 0) is 16.0 Å². The van der Waals surface area contributed by atoms with Gasteiger partial charge in [-0.2, -0.15) is 0 Å². The van der Waals surface area contributed by atoms with Crippen LogP contribution < -0.4 is 9.47 Å². The van der Waals surface area contributed by atoms with Crippen molar-refractivity contribution in [3.63, 3.8) is 0 Å². The molecule has 0 fully saturated rings. The summed E-state index contributed by atoms with van der Waals surface area (Å²) < 4.78 is 21.6. The number of ether oxygens (including phenoxy) is 4. The number of rotatable bonds is 6. The van der Waals surface area contributed by atoms with E-state index in [4.69, 9.17) is 36.1 Å². The van der Waals surface area contributed by atoms with Crippen LogP contribution in [0.1, 0.15) is 17.4 Å². The molecular formula is C18H16ClN3O4. The van der Waals surface area contributed by atoms with Crippen molar-refractivity contribution in [2.24, 2.45) is 5.11 Å². The number of hydrogen-bond donors (Lipinski definition) is 0. The van der Waals surface area contributed by atoms with Gasteiger partial charge in [-0.05, 0) is 40.9 Å². The standard InChI is InChI=1S/C18H16ClN3O4/c1-23-13-3-4-16(24-2)14(9-13)11-7-12(10-21-22-20)17(15(19)8-11)18-25-5-6-26-18/h3-9,18H,10H2,1-2H3. The van der Waals surface area contributed by atoms with Crippen LogP contribution in [0, 0.1) is 0 Å². The molecule has 8 heteroatoms. The van der Waals surface area contributed by atoms with Crippen molar-refractivity contribution in [2.45, 2.75) is 12.8 Å². The third-order valence-corrected chi connectivity index (χ3v) is 4.25. The van der Waals surface area contributed by atoms with Crippen molar-refractivity contribution in [3.8, 4) is 22.6 Å². The average Bonchev–Trinajstić information content (AvgIpc) is 3.19. The van der Waals surface area contributed by atoms with E-state index in [9.17, 15) is 0 Å². The summed E-state index contributed by atoms with van der Waals surface area (Å²) in [5.74, 6) is 1.35. The van der Waals surface area contributed by atoms with Gasteiger partial charge in [-0.25, -0.2) is 0 Å². The Kier molecular flexibility index (Phi) is 5.41. The highest BCUT2D eigenvalue weighted by Gasteiger charge is 2.24. The molecule has 2 aromatic rings. The molecule has 1 aliphatic rings. The molecule has 0 aliphatic carbocycles. The van der Waals surface area contributed by atoms with E-state index in [0.717, 1.165) is 11.1 Å². The van der Waals surface area contributed by atoms with Gasteiger partial charge >= 0.3 is 0 Å². The lowest BCUT2D eigenvalue weighted by atomic mass is 9.97. The van der Waals surface area contributed by atoms with Gasteiger partial charge in [0.25, 0.3) is 6.29 Å². The molecule has 0 amide bonds. The minimum Gasteiger partial charge on any atom is -0.497 e. The predicted molar refractivity (Wildman–Crippen MR) is 96.9 cm³/mol. The number of azide groups is 1. The molecule has 0 atom stereocenters. The van der Waals surface area contributed by atoms with E-state index in [2.05, 4.69) is 10.0 Å². The van der Waals surface area contributed by atoms with Gasteiger partial charge in [0.05, 0.1) is 31.4 Å². The summed E-state index contributed by atoms with van der Waals surface area (Å²) >= 11 is 6.52. The third-order valence-electron chi connectivity index (χ3n) is 3.93. The fraction of sp³-hybridized carbons (Fsp3) is 0.222. The Morgan fingerprint density at radius 3 is 2.58 bits per heavy atom. The minimum absolute atomic E-state index is 0.106. The number of methoxy groups -OCH3 is 2. The molecule has 1 aliphatic heterocycles. The summed E-state index contributed by atoms with van der Waals surface area (Å²) in [6.45, 7) is 0.106. The Morgan fingerprint density at radius 1 is 1.15 bits per heavy atom. The normalized spacial score (nSPS) is 12.9. The number of nitrogens with zero attached hydrogens (tertiary/aromatic N) is 3. The highest BCUT2D eigenvalue weighted by Crippen LogP contribution is 2.40. The highest BCUT2D eigenvalue weighted by molar-refractivity contribution is 6.31. The van der Waals surface area contributed by atoms with E-state index >= 15 is 0 Å². The fourth-order valence-corrected chi connectivity index (χ4v) is 3.08. The monoisotopic (exact) mass is 373 g/mol. The van der Waals surface area contributed by atoms with Crippen molar-refractivity contribution in [3.05, 3.63) is 69.4 Å². The van der Waals surface area contributed by atoms with Crippen molar-refractivity contribution in [1.82, 2.24) is 0 Å². The van der Waals surface area contributed by atoms with Crippen molar-refractivity contribution in [2.75, 3.05) is 14.2 Å². The van der Waals surface area contributed by atoms with Crippen LogP contribution in [0.2, 0.25) is 5.02 Å². The van der Waals surface area contributed by atoms with E-state index in [1.165, 1.54) is 12.5 Å². The van der Waals surface area contributed by atoms with Crippen LogP contribution in [0.25, 0.3) is 21.6 Å². The second kappa shape index (κ2) is 7.91. The molecule has 0 N–H and O–H groups in total. The first-order valence-corrected chi connectivity index (χ1v) is 8.07. The Balaban J connectivity index is 2.14. The molecular weight excluding hydrogens is 358 g/mol. The molecule has 0 bridgehead atoms. The molecule has 7 nitrogen and oxygen atoms in total. The van der Waals surface area contributed by atoms with Crippen LogP contribution in [0.4, 0.5) is 0 Å². The molecule has 1 heterocycles. The fourth-order valence-electron chi connectivity index (χ4n) is 2.75. The average molecular weight is 374 g/mol. The van der Waals surface area contributed by atoms with Gasteiger partial charge in [0.15, 0.2) is 0 Å². The maximum Gasteiger partial charge on any atom is 0.268 e. The van der Waals surface area contributed by atoms with E-state index in [1.54, 1.807) is 20.3 Å². The Bertz CT molecular complexity index is 886. The summed E-state index contributed by atoms with van der Waals surface area (Å²) in [6.07, 6.45) is 2.21. The smallest absolute Gasteiger partial charge is 0.268 e. The lowest BCUT2D eigenvalue weighted by Crippen LogP contribution is -2.04. The zero-order valence-electron chi connectivity index (χ0n) is 14.2. The van der Waals surface area contributed by atoms with Gasteiger partial charge < -0.3 is 18.9 Å². The Morgan fingerprint density at radius 2 is 1.92 bits per heavy atom. The summed E-state index contributed by atoms with van der Waals surface area (Å²) in [4.78, 5) is 2.83. The highest BCUT2D eigenvalue weighted by atomic mass is 35.5. The van der Waals surface area contributed by atoms with Gasteiger partial charge in [0, 0.05) is 10.5 Å². The minimum atomic E-state index is -0.673. The molecule has 0 spiro atoms. The van der Waals surface area contributed by atoms with Crippen molar-refractivity contribution in [1.29, 1.82) is 0 Å². The summed E-state index contributed by atoms with van der Waals surface area (Å²) in [5, 5.41) is 4.10. The molecule has 0 aromatic heterocycles. The topological polar surface area (TPSA) is 85.7 Å². The van der Waals surface area contributed by atoms with E-state index in [-0.39, 0.29) is 6.54 Å². The Hall–Kier alpha value is -3.02. The second-order valence-corrected chi connectivity index (χ2v) is 5.77. The number of benzene rings is 2. The third kappa shape index (κ3) is 3.49. The lowest BCUT2D eigenvalue weighted by Gasteiger charge is -2.18. The maximum atomic E-state index is 8.70. The van der Waals surface area contributed by atoms with E-state index in [0.29, 0.717) is 27.6 Å². The zero-order valence-corrected chi connectivity index (χ0v) is 14.9. The van der Waals surface area contributed by atoms with Gasteiger partial charge in [-0.15, -0.1) is 0 Å². The lowest BCUT2D eigenvalue weighted by molar-refractivity contribution is -0.0251. The first-order chi connectivity index (χ1) is 12.7. The van der Waals surface area contributed by atoms with Crippen LogP contribution in [-0.4, -0.2) is 14.2 Å². The molecule has 0 saturated carbocycles. The predicted octanol–water partition coefficient (Wildman–Crippen LogP) is 5.35. The van der Waals surface area contributed by atoms with Crippen LogP contribution >= 0.6 is 11.6 Å². The zero-order chi connectivity index (χ0) is 18.5. The first-order valence-electron chi connectivity index (χ1n) is 7.69. The molecule has 2 aromatic carbocycles. The SMILES string of the molecule is COc1ccc(OC)c(-c2cc(Cl)c(C3OC=CO3)c(CN=[N+]=[N-])c2)c1. The van der Waals surface area contributed by atoms with E-state index < -0.39 is 6.29 Å². The van der Waals surface area contributed by atoms with Crippen LogP contribution in [0.15, 0.2) is 48.0 Å². The Labute approximate surface area is 155 Å². The first kappa shape index (κ1) is 17.8. The second-order valence-electron chi connectivity index (χ2n) is 5.36. The molecule has 0 saturated heterocycles. The molecule has 26 heavy (non-hydrogen) atoms. The van der Waals surface area contributed by atoms with Gasteiger partial charge in [0.2, 0.25) is 0 Å². The molecule has 134 valence electrons. The number of hydrogen-bond acceptors (Lipinski definition) is 5. The maximum absolute atomic E-state index is 8.70. The summed E-state index contributed by atoms with van der Waals surface area (Å²) in [5.41, 5.74) is 11.6. The van der Waals surface area contributed by atoms with Crippen LogP contribution in [0.3, 0.4) is 0 Å². The van der Waals surface area contributed by atoms with Crippen LogP contribution in [0.5, 0.6) is 11.5 Å².